The summed E-state index contributed by atoms with van der Waals surface area (Å²) in [6.07, 6.45) is 13.1. The number of nitrogens with one attached hydrogen (secondary N) is 10. The van der Waals surface area contributed by atoms with Crippen molar-refractivity contribution < 1.29 is 27.5 Å². The molecule has 28 nitrogen and oxygen atoms in total. The Balaban J connectivity index is 0.000000118. The summed E-state index contributed by atoms with van der Waals surface area (Å²) in [5, 5.41) is 27.3. The monoisotopic (exact) mass is 1260 g/mol. The number of halogens is 4. The van der Waals surface area contributed by atoms with Gasteiger partial charge in [0.05, 0.1) is 55.0 Å². The highest BCUT2D eigenvalue weighted by atomic mass is 32.1. The van der Waals surface area contributed by atoms with Gasteiger partial charge in [-0.15, -0.1) is 11.3 Å². The lowest BCUT2D eigenvalue weighted by Gasteiger charge is -2.10. The van der Waals surface area contributed by atoms with Crippen LogP contribution >= 0.6 is 11.3 Å². The summed E-state index contributed by atoms with van der Waals surface area (Å²) in [6.45, 7) is 4.17. The molecule has 0 unspecified atom stereocenters. The molecule has 0 atom stereocenters. The van der Waals surface area contributed by atoms with Gasteiger partial charge >= 0.3 is 12.1 Å². The molecule has 11 N–H and O–H groups in total. The Hall–Kier alpha value is -12.6. The van der Waals surface area contributed by atoms with Crippen LogP contribution < -0.4 is 26.6 Å². The Bertz CT molecular complexity index is 4860. The van der Waals surface area contributed by atoms with Crippen LogP contribution in [0.4, 0.5) is 58.0 Å². The highest BCUT2D eigenvalue weighted by Gasteiger charge is 2.30. The first-order chi connectivity index (χ1) is 44.9. The Morgan fingerprint density at radius 3 is 1.49 bits per heavy atom. The number of nitrogens with zero attached hydrogens (tertiary/aromatic N) is 16. The fourth-order valence-electron chi connectivity index (χ4n) is 8.64. The van der Waals surface area contributed by atoms with Gasteiger partial charge in [-0.1, -0.05) is 54.6 Å². The van der Waals surface area contributed by atoms with E-state index in [1.807, 2.05) is 29.6 Å². The number of hydrogen-bond acceptors (Lipinski definition) is 23. The van der Waals surface area contributed by atoms with Crippen molar-refractivity contribution in [2.75, 3.05) is 33.1 Å². The summed E-state index contributed by atoms with van der Waals surface area (Å²) in [7, 11) is 0. The SMILES string of the molecule is Cc1ccccc1CNc1ncnc2nc[nH]c12.FC(F)(F)c1cccc(Nc2ncnc3nc[nH]c23)c1.Fc1ccccc1Nc1ncnc2nc[nH]c12.O=C(O)c1ccc(CCNc2ncnc3nc[nH]c23)cc1.c1csc(CNc2ncnc3nc[nH]c23)n1. The second-order valence-corrected chi connectivity index (χ2v) is 20.1. The number of fused-ring (bicyclic) bond motifs is 5. The molecule has 33 heteroatoms. The zero-order valence-corrected chi connectivity index (χ0v) is 48.7. The third-order valence-electron chi connectivity index (χ3n) is 13.2. The van der Waals surface area contributed by atoms with E-state index in [0.717, 1.165) is 63.9 Å². The van der Waals surface area contributed by atoms with E-state index >= 15 is 0 Å². The van der Waals surface area contributed by atoms with E-state index < -0.39 is 17.7 Å². The molecule has 0 aliphatic carbocycles. The van der Waals surface area contributed by atoms with Crippen LogP contribution in [0, 0.1) is 12.7 Å². The number of carboxylic acids is 1. The molecule has 4 aromatic carbocycles. The second-order valence-electron chi connectivity index (χ2n) is 19.2. The van der Waals surface area contributed by atoms with Crippen LogP contribution in [0.2, 0.25) is 0 Å². The Morgan fingerprint density at radius 1 is 0.511 bits per heavy atom. The van der Waals surface area contributed by atoms with Crippen molar-refractivity contribution in [3.63, 3.8) is 0 Å². The van der Waals surface area contributed by atoms with Crippen molar-refractivity contribution in [1.29, 1.82) is 0 Å². The molecule has 0 aliphatic heterocycles. The number of imidazole rings is 5. The number of aromatic nitrogens is 21. The van der Waals surface area contributed by atoms with Gasteiger partial charge in [0.25, 0.3) is 0 Å². The lowest BCUT2D eigenvalue weighted by atomic mass is 10.1. The third-order valence-corrected chi connectivity index (χ3v) is 14.0. The number of anilines is 7. The number of carboxylic acid groups (broad SMARTS) is 1. The normalized spacial score (nSPS) is 10.9. The zero-order valence-electron chi connectivity index (χ0n) is 47.9. The maximum absolute atomic E-state index is 13.5. The molecule has 11 heterocycles. The number of carbonyl (C=O) groups is 1. The van der Waals surface area contributed by atoms with Crippen LogP contribution in [0.3, 0.4) is 0 Å². The molecule has 0 saturated heterocycles. The van der Waals surface area contributed by atoms with Crippen LogP contribution in [0.25, 0.3) is 55.8 Å². The zero-order chi connectivity index (χ0) is 63.7. The number of H-pyrrole nitrogens is 5. The molecule has 0 bridgehead atoms. The first-order valence-electron chi connectivity index (χ1n) is 27.5. The number of aromatic carboxylic acids is 1. The topological polar surface area (TPSA) is 383 Å². The molecule has 0 amide bonds. The average molecular weight is 1260 g/mol. The third kappa shape index (κ3) is 15.6. The minimum absolute atomic E-state index is 0.287. The fraction of sp³-hybridized carbons (Fsp3) is 0.102. The number of rotatable bonds is 15. The summed E-state index contributed by atoms with van der Waals surface area (Å²) in [4.78, 5) is 90.6. The number of aromatic amines is 5. The Kier molecular flexibility index (Phi) is 19.2. The van der Waals surface area contributed by atoms with E-state index in [2.05, 4.69) is 150 Å². The van der Waals surface area contributed by atoms with E-state index in [1.165, 1.54) is 73.6 Å². The molecular weight excluding hydrogens is 1210 g/mol. The number of aryl methyl sites for hydroxylation is 1. The van der Waals surface area contributed by atoms with Crippen molar-refractivity contribution in [2.45, 2.75) is 32.6 Å². The van der Waals surface area contributed by atoms with Crippen molar-refractivity contribution >= 4 is 114 Å². The van der Waals surface area contributed by atoms with Crippen LogP contribution in [-0.4, -0.2) is 122 Å². The molecule has 0 saturated carbocycles. The molecule has 15 aromatic rings. The van der Waals surface area contributed by atoms with Crippen LogP contribution in [0.5, 0.6) is 0 Å². The van der Waals surface area contributed by atoms with Crippen molar-refractivity contribution in [3.05, 3.63) is 211 Å². The van der Waals surface area contributed by atoms with E-state index in [4.69, 9.17) is 5.11 Å². The van der Waals surface area contributed by atoms with Gasteiger partial charge in [-0.2, -0.15) is 13.2 Å². The van der Waals surface area contributed by atoms with Crippen LogP contribution in [-0.2, 0) is 25.7 Å². The number of benzene rings is 4. The molecule has 15 rings (SSSR count). The molecule has 0 spiro atoms. The highest BCUT2D eigenvalue weighted by molar-refractivity contribution is 7.09. The maximum atomic E-state index is 13.5. The first-order valence-corrected chi connectivity index (χ1v) is 28.4. The molecule has 11 aromatic heterocycles. The van der Waals surface area contributed by atoms with Crippen LogP contribution in [0.1, 0.15) is 37.6 Å². The number of thiazole rings is 1. The number of alkyl halides is 3. The molecule has 0 fully saturated rings. The summed E-state index contributed by atoms with van der Waals surface area (Å²) in [5.74, 6) is 1.85. The Morgan fingerprint density at radius 2 is 0.989 bits per heavy atom. The molecular formula is C59H50F4N26O2S. The predicted molar refractivity (Wildman–Crippen MR) is 336 cm³/mol. The standard InChI is InChI=1S/C14H13N5O2.C13H13N5.C12H8F3N5.C11H8FN5.C9H8N6S/c20-14(21)10-3-1-9(2-4-10)5-6-15-12-11-13(17-7-16-11)19-8-18-12;1-9-4-2-3-5-10(9)6-14-12-11-13(16-7-15-11)18-8-17-12;13-12(14,15)7-2-1-3-8(4-7)20-11-9-10(17-5-16-9)18-6-19-11;12-7-3-1-2-4-8(7)17-11-9-10(14-5-13-9)15-6-16-11;1-2-16-6(10-1)3-11-8-7-9(13-4-12-7)15-5-14-8/h1-4,7-8H,5-6H2,(H,20,21)(H2,15,16,17,18,19);2-5,7-8H,6H2,1H3,(H2,14,15,16,17,18);1-6H,(H2,16,17,18,19,20);1-6H,(H2,13,14,15,16,17);1-2,4-5H,3H2,(H2,11,12,13,14,15). The van der Waals surface area contributed by atoms with Crippen molar-refractivity contribution in [2.24, 2.45) is 0 Å². The van der Waals surface area contributed by atoms with Gasteiger partial charge in [0.1, 0.15) is 70.0 Å². The van der Waals surface area contributed by atoms with Gasteiger partial charge in [-0.05, 0) is 72.5 Å². The minimum atomic E-state index is -4.38. The second kappa shape index (κ2) is 29.0. The highest BCUT2D eigenvalue weighted by Crippen LogP contribution is 2.32. The summed E-state index contributed by atoms with van der Waals surface area (Å²) in [5.41, 5.74) is 10.4. The lowest BCUT2D eigenvalue weighted by Crippen LogP contribution is -2.07. The fourth-order valence-corrected chi connectivity index (χ4v) is 9.20. The van der Waals surface area contributed by atoms with Gasteiger partial charge in [0.15, 0.2) is 57.3 Å². The molecule has 462 valence electrons. The van der Waals surface area contributed by atoms with Crippen LogP contribution in [0.15, 0.2) is 172 Å². The quantitative estimate of drug-likeness (QED) is 0.0425. The first kappa shape index (κ1) is 61.1. The van der Waals surface area contributed by atoms with E-state index in [0.29, 0.717) is 81.1 Å². The van der Waals surface area contributed by atoms with Gasteiger partial charge in [0, 0.05) is 30.4 Å². The van der Waals surface area contributed by atoms with Crippen molar-refractivity contribution in [3.8, 4) is 0 Å². The predicted octanol–water partition coefficient (Wildman–Crippen LogP) is 10.8. The van der Waals surface area contributed by atoms with Gasteiger partial charge in [-0.25, -0.2) is 88.9 Å². The van der Waals surface area contributed by atoms with E-state index in [1.54, 1.807) is 66.8 Å². The lowest BCUT2D eigenvalue weighted by molar-refractivity contribution is -0.137. The average Bonchev–Trinajstić information content (AvgIpc) is 2.14. The largest absolute Gasteiger partial charge is 0.478 e. The smallest absolute Gasteiger partial charge is 0.416 e. The van der Waals surface area contributed by atoms with Gasteiger partial charge in [-0.3, -0.25) is 0 Å². The van der Waals surface area contributed by atoms with Crippen molar-refractivity contribution in [1.82, 2.24) is 105 Å². The van der Waals surface area contributed by atoms with Gasteiger partial charge < -0.3 is 56.6 Å². The molecule has 0 radical (unpaired) electrons. The summed E-state index contributed by atoms with van der Waals surface area (Å²) in [6, 6.07) is 26.4. The number of para-hydroxylation sites is 1. The maximum Gasteiger partial charge on any atom is 0.416 e. The summed E-state index contributed by atoms with van der Waals surface area (Å²) < 4.78 is 51.4. The van der Waals surface area contributed by atoms with Gasteiger partial charge in [0.2, 0.25) is 0 Å². The Labute approximate surface area is 519 Å². The van der Waals surface area contributed by atoms with E-state index in [-0.39, 0.29) is 11.5 Å². The molecule has 92 heavy (non-hydrogen) atoms. The van der Waals surface area contributed by atoms with E-state index in [9.17, 15) is 22.4 Å². The molecule has 0 aliphatic rings. The summed E-state index contributed by atoms with van der Waals surface area (Å²) >= 11 is 1.61. The number of hydrogen-bond donors (Lipinski definition) is 11. The minimum Gasteiger partial charge on any atom is -0.478 e.